The van der Waals surface area contributed by atoms with Crippen LogP contribution in [0.3, 0.4) is 0 Å². The summed E-state index contributed by atoms with van der Waals surface area (Å²) < 4.78 is 0. The van der Waals surface area contributed by atoms with Gasteiger partial charge in [0.2, 0.25) is 5.91 Å². The average Bonchev–Trinajstić information content (AvgIpc) is 2.46. The number of amides is 1. The van der Waals surface area contributed by atoms with Crippen molar-refractivity contribution in [3.8, 4) is 0 Å². The maximum atomic E-state index is 12.2. The second-order valence-electron chi connectivity index (χ2n) is 4.92. The van der Waals surface area contributed by atoms with Gasteiger partial charge in [-0.15, -0.1) is 0 Å². The summed E-state index contributed by atoms with van der Waals surface area (Å²) in [4.78, 5) is 26.1. The summed E-state index contributed by atoms with van der Waals surface area (Å²) in [5.74, 6) is -0.0105. The molecule has 1 aromatic carbocycles. The Morgan fingerprint density at radius 2 is 2.25 bits per heavy atom. The lowest BCUT2D eigenvalue weighted by atomic mass is 10.1. The van der Waals surface area contributed by atoms with Gasteiger partial charge in [0, 0.05) is 51.5 Å². The topological polar surface area (TPSA) is 78.7 Å². The Balaban J connectivity index is 2.30. The van der Waals surface area contributed by atoms with Gasteiger partial charge in [-0.1, -0.05) is 6.07 Å². The molecule has 1 aliphatic heterocycles. The average molecular weight is 278 g/mol. The fourth-order valence-corrected chi connectivity index (χ4v) is 2.32. The molecular weight excluding hydrogens is 260 g/mol. The molecule has 1 N–H and O–H groups in total. The van der Waals surface area contributed by atoms with Crippen LogP contribution < -0.4 is 10.2 Å². The van der Waals surface area contributed by atoms with Crippen LogP contribution in [-0.4, -0.2) is 55.5 Å². The Morgan fingerprint density at radius 3 is 2.90 bits per heavy atom. The first kappa shape index (κ1) is 14.3. The second-order valence-corrected chi connectivity index (χ2v) is 4.92. The molecule has 1 unspecified atom stereocenters. The quantitative estimate of drug-likeness (QED) is 0.642. The lowest BCUT2D eigenvalue weighted by Crippen LogP contribution is -2.57. The Kier molecular flexibility index (Phi) is 4.19. The molecule has 108 valence electrons. The minimum atomic E-state index is -0.422. The highest BCUT2D eigenvalue weighted by molar-refractivity contribution is 5.85. The maximum Gasteiger partial charge on any atom is 0.271 e. The van der Waals surface area contributed by atoms with Crippen LogP contribution in [0.2, 0.25) is 0 Å². The number of benzene rings is 1. The number of anilines is 1. The molecule has 1 amide bonds. The van der Waals surface area contributed by atoms with Gasteiger partial charge in [0.25, 0.3) is 5.69 Å². The number of likely N-dealkylation sites (N-methyl/N-ethyl adjacent to an activating group) is 1. The maximum absolute atomic E-state index is 12.2. The van der Waals surface area contributed by atoms with Gasteiger partial charge >= 0.3 is 0 Å². The zero-order valence-electron chi connectivity index (χ0n) is 11.6. The lowest BCUT2D eigenvalue weighted by Gasteiger charge is -2.38. The van der Waals surface area contributed by atoms with Crippen LogP contribution in [-0.2, 0) is 4.79 Å². The van der Waals surface area contributed by atoms with E-state index >= 15 is 0 Å². The fourth-order valence-electron chi connectivity index (χ4n) is 2.32. The molecule has 7 heteroatoms. The largest absolute Gasteiger partial charge is 0.357 e. The van der Waals surface area contributed by atoms with E-state index in [1.54, 1.807) is 31.1 Å². The first-order chi connectivity index (χ1) is 9.50. The lowest BCUT2D eigenvalue weighted by molar-refractivity contribution is -0.384. The normalized spacial score (nSPS) is 18.7. The molecule has 0 radical (unpaired) electrons. The van der Waals surface area contributed by atoms with Crippen molar-refractivity contribution in [2.24, 2.45) is 0 Å². The molecule has 0 saturated carbocycles. The van der Waals surface area contributed by atoms with Crippen LogP contribution in [0.25, 0.3) is 0 Å². The van der Waals surface area contributed by atoms with E-state index in [1.165, 1.54) is 12.1 Å². The van der Waals surface area contributed by atoms with Crippen molar-refractivity contribution >= 4 is 17.3 Å². The van der Waals surface area contributed by atoms with Crippen molar-refractivity contribution in [2.75, 3.05) is 38.6 Å². The van der Waals surface area contributed by atoms with E-state index in [1.807, 2.05) is 4.90 Å². The number of nitrogens with one attached hydrogen (secondary N) is 1. The molecule has 1 heterocycles. The van der Waals surface area contributed by atoms with Crippen molar-refractivity contribution < 1.29 is 9.72 Å². The van der Waals surface area contributed by atoms with Gasteiger partial charge in [0.05, 0.1) is 4.92 Å². The van der Waals surface area contributed by atoms with Crippen molar-refractivity contribution in [1.82, 2.24) is 10.2 Å². The summed E-state index contributed by atoms with van der Waals surface area (Å²) in [6, 6.07) is 6.08. The number of carbonyl (C=O) groups is 1. The van der Waals surface area contributed by atoms with Crippen molar-refractivity contribution in [3.63, 3.8) is 0 Å². The molecule has 0 aromatic heterocycles. The van der Waals surface area contributed by atoms with Crippen LogP contribution in [0, 0.1) is 10.1 Å². The molecule has 20 heavy (non-hydrogen) atoms. The van der Waals surface area contributed by atoms with Gasteiger partial charge in [-0.3, -0.25) is 14.9 Å². The zero-order valence-corrected chi connectivity index (χ0v) is 11.6. The van der Waals surface area contributed by atoms with Crippen LogP contribution in [0.15, 0.2) is 24.3 Å². The highest BCUT2D eigenvalue weighted by atomic mass is 16.6. The fraction of sp³-hybridized carbons (Fsp3) is 0.462. The minimum absolute atomic E-state index is 0.0105. The third-order valence-electron chi connectivity index (χ3n) is 3.34. The van der Waals surface area contributed by atoms with Crippen LogP contribution in [0.1, 0.15) is 0 Å². The van der Waals surface area contributed by atoms with E-state index in [4.69, 9.17) is 0 Å². The van der Waals surface area contributed by atoms with Gasteiger partial charge in [0.15, 0.2) is 0 Å². The molecular formula is C13H18N4O3. The zero-order chi connectivity index (χ0) is 14.7. The number of nitrogens with zero attached hydrogens (tertiary/aromatic N) is 3. The summed E-state index contributed by atoms with van der Waals surface area (Å²) >= 11 is 0. The Labute approximate surface area is 117 Å². The Bertz CT molecular complexity index is 518. The first-order valence-electron chi connectivity index (χ1n) is 6.43. The molecule has 2 rings (SSSR count). The number of nitro groups is 1. The van der Waals surface area contributed by atoms with Gasteiger partial charge in [-0.2, -0.15) is 0 Å². The van der Waals surface area contributed by atoms with Gasteiger partial charge in [0.1, 0.15) is 6.04 Å². The summed E-state index contributed by atoms with van der Waals surface area (Å²) in [6.07, 6.45) is 0. The van der Waals surface area contributed by atoms with Crippen molar-refractivity contribution in [1.29, 1.82) is 0 Å². The standard InChI is InChI=1S/C13H18N4O3/c1-15(2)13(18)12-9-14-6-7-16(12)10-4-3-5-11(8-10)17(19)20/h3-5,8,12,14H,6-7,9H2,1-2H3. The SMILES string of the molecule is CN(C)C(=O)C1CNCCN1c1cccc([N+](=O)[O-])c1. The van der Waals surface area contributed by atoms with E-state index < -0.39 is 4.92 Å². The highest BCUT2D eigenvalue weighted by Gasteiger charge is 2.30. The minimum Gasteiger partial charge on any atom is -0.357 e. The molecule has 1 fully saturated rings. The summed E-state index contributed by atoms with van der Waals surface area (Å²) in [7, 11) is 3.42. The van der Waals surface area contributed by atoms with E-state index in [0.717, 1.165) is 6.54 Å². The number of nitro benzene ring substituents is 1. The van der Waals surface area contributed by atoms with Crippen LogP contribution in [0.4, 0.5) is 11.4 Å². The summed E-state index contributed by atoms with van der Waals surface area (Å²) in [5.41, 5.74) is 0.748. The predicted molar refractivity (Wildman–Crippen MR) is 75.8 cm³/mol. The summed E-state index contributed by atoms with van der Waals surface area (Å²) in [6.45, 7) is 1.94. The Morgan fingerprint density at radius 1 is 1.50 bits per heavy atom. The number of hydrogen-bond acceptors (Lipinski definition) is 5. The second kappa shape index (κ2) is 5.87. The molecule has 7 nitrogen and oxygen atoms in total. The number of rotatable bonds is 3. The molecule has 1 saturated heterocycles. The predicted octanol–water partition coefficient (Wildman–Crippen LogP) is 0.461. The number of piperazine rings is 1. The van der Waals surface area contributed by atoms with Gasteiger partial charge in [-0.25, -0.2) is 0 Å². The molecule has 0 spiro atoms. The highest BCUT2D eigenvalue weighted by Crippen LogP contribution is 2.24. The van der Waals surface area contributed by atoms with E-state index in [9.17, 15) is 14.9 Å². The van der Waals surface area contributed by atoms with E-state index in [0.29, 0.717) is 18.8 Å². The molecule has 1 aliphatic rings. The molecule has 0 aliphatic carbocycles. The molecule has 0 bridgehead atoms. The third kappa shape index (κ3) is 2.88. The van der Waals surface area contributed by atoms with Crippen molar-refractivity contribution in [2.45, 2.75) is 6.04 Å². The monoisotopic (exact) mass is 278 g/mol. The van der Waals surface area contributed by atoms with Crippen LogP contribution in [0.5, 0.6) is 0 Å². The number of hydrogen-bond donors (Lipinski definition) is 1. The number of carbonyl (C=O) groups excluding carboxylic acids is 1. The molecule has 1 aromatic rings. The summed E-state index contributed by atoms with van der Waals surface area (Å²) in [5, 5.41) is 14.0. The van der Waals surface area contributed by atoms with E-state index in [2.05, 4.69) is 5.32 Å². The van der Waals surface area contributed by atoms with Crippen LogP contribution >= 0.6 is 0 Å². The first-order valence-corrected chi connectivity index (χ1v) is 6.43. The van der Waals surface area contributed by atoms with Crippen molar-refractivity contribution in [3.05, 3.63) is 34.4 Å². The third-order valence-corrected chi connectivity index (χ3v) is 3.34. The van der Waals surface area contributed by atoms with E-state index in [-0.39, 0.29) is 17.6 Å². The number of non-ortho nitro benzene ring substituents is 1. The smallest absolute Gasteiger partial charge is 0.271 e. The molecule has 1 atom stereocenters. The Hall–Kier alpha value is -2.15. The van der Waals surface area contributed by atoms with Gasteiger partial charge < -0.3 is 15.1 Å². The van der Waals surface area contributed by atoms with Gasteiger partial charge in [-0.05, 0) is 6.07 Å².